The van der Waals surface area contributed by atoms with Crippen molar-refractivity contribution in [2.24, 2.45) is 5.92 Å². The summed E-state index contributed by atoms with van der Waals surface area (Å²) in [6.07, 6.45) is 0.866. The lowest BCUT2D eigenvalue weighted by Gasteiger charge is -2.25. The Hall–Kier alpha value is -1.36. The third-order valence-corrected chi connectivity index (χ3v) is 3.85. The zero-order valence-corrected chi connectivity index (χ0v) is 12.9. The normalized spacial score (nSPS) is 17.0. The number of ketones is 1. The predicted molar refractivity (Wildman–Crippen MR) is 78.3 cm³/mol. The van der Waals surface area contributed by atoms with Crippen LogP contribution in [0.1, 0.15) is 18.1 Å². The minimum absolute atomic E-state index is 0.111. The molecule has 0 saturated carbocycles. The third-order valence-electron chi connectivity index (χ3n) is 3.30. The van der Waals surface area contributed by atoms with E-state index in [-0.39, 0.29) is 24.1 Å². The first-order valence-corrected chi connectivity index (χ1v) is 7.75. The number of fused-ring (bicyclic) bond motifs is 1. The lowest BCUT2D eigenvalue weighted by molar-refractivity contribution is -0.142. The first-order valence-electron chi connectivity index (χ1n) is 6.63. The second-order valence-corrected chi connectivity index (χ2v) is 5.26. The number of ether oxygens (including phenoxy) is 2. The molecule has 0 fully saturated rings. The smallest absolute Gasteiger partial charge is 0.310 e. The van der Waals surface area contributed by atoms with Gasteiger partial charge in [0.05, 0.1) is 30.9 Å². The van der Waals surface area contributed by atoms with E-state index in [2.05, 4.69) is 15.9 Å². The topological polar surface area (TPSA) is 52.6 Å². The largest absolute Gasteiger partial charge is 0.492 e. The Bertz CT molecular complexity index is 513. The Kier molecular flexibility index (Phi) is 5.17. The Labute approximate surface area is 126 Å². The number of carbonyl (C=O) groups excluding carboxylic acids is 2. The maximum absolute atomic E-state index is 11.7. The molecule has 2 rings (SSSR count). The molecule has 1 aliphatic heterocycles. The summed E-state index contributed by atoms with van der Waals surface area (Å²) in [6, 6.07) is 5.69. The number of halogens is 1. The highest BCUT2D eigenvalue weighted by Gasteiger charge is 2.27. The number of esters is 1. The Morgan fingerprint density at radius 3 is 2.95 bits per heavy atom. The van der Waals surface area contributed by atoms with E-state index >= 15 is 0 Å². The van der Waals surface area contributed by atoms with E-state index in [0.717, 1.165) is 16.9 Å². The highest BCUT2D eigenvalue weighted by Crippen LogP contribution is 2.32. The molecule has 0 bridgehead atoms. The molecule has 0 aromatic heterocycles. The molecule has 1 unspecified atom stereocenters. The highest BCUT2D eigenvalue weighted by molar-refractivity contribution is 9.09. The average Bonchev–Trinajstić information content (AvgIpc) is 2.46. The van der Waals surface area contributed by atoms with Crippen LogP contribution in [0, 0.1) is 5.92 Å². The predicted octanol–water partition coefficient (Wildman–Crippen LogP) is 2.31. The Morgan fingerprint density at radius 1 is 1.45 bits per heavy atom. The quantitative estimate of drug-likeness (QED) is 0.609. The SMILES string of the molecule is CCOC(=O)Cc1cccc2c1OCC(C(=O)CBr)C2. The van der Waals surface area contributed by atoms with Crippen molar-refractivity contribution in [1.29, 1.82) is 0 Å². The highest BCUT2D eigenvalue weighted by atomic mass is 79.9. The number of Topliss-reactive ketones (excluding diaryl/α,β-unsaturated/α-hetero) is 1. The van der Waals surface area contributed by atoms with Gasteiger partial charge in [-0.15, -0.1) is 0 Å². The van der Waals surface area contributed by atoms with Crippen LogP contribution in [0.5, 0.6) is 5.75 Å². The minimum Gasteiger partial charge on any atom is -0.492 e. The Morgan fingerprint density at radius 2 is 2.25 bits per heavy atom. The van der Waals surface area contributed by atoms with E-state index in [1.54, 1.807) is 6.92 Å². The number of rotatable bonds is 5. The molecule has 4 nitrogen and oxygen atoms in total. The maximum Gasteiger partial charge on any atom is 0.310 e. The van der Waals surface area contributed by atoms with Gasteiger partial charge in [-0.1, -0.05) is 34.1 Å². The molecule has 0 radical (unpaired) electrons. The summed E-state index contributed by atoms with van der Waals surface area (Å²) >= 11 is 3.19. The fourth-order valence-corrected chi connectivity index (χ4v) is 2.77. The van der Waals surface area contributed by atoms with Crippen molar-refractivity contribution in [3.05, 3.63) is 29.3 Å². The number of hydrogen-bond acceptors (Lipinski definition) is 4. The van der Waals surface area contributed by atoms with E-state index in [9.17, 15) is 9.59 Å². The molecule has 0 spiro atoms. The molecule has 1 atom stereocenters. The van der Waals surface area contributed by atoms with Crippen molar-refractivity contribution in [3.8, 4) is 5.75 Å². The van der Waals surface area contributed by atoms with Gasteiger partial charge in [0.15, 0.2) is 0 Å². The molecule has 0 aliphatic carbocycles. The summed E-state index contributed by atoms with van der Waals surface area (Å²) in [5.41, 5.74) is 1.81. The van der Waals surface area contributed by atoms with Gasteiger partial charge in [-0.3, -0.25) is 9.59 Å². The first-order chi connectivity index (χ1) is 9.65. The molecule has 1 heterocycles. The zero-order valence-electron chi connectivity index (χ0n) is 11.4. The zero-order chi connectivity index (χ0) is 14.5. The minimum atomic E-state index is -0.261. The molecular weight excluding hydrogens is 324 g/mol. The number of carbonyl (C=O) groups is 2. The lowest BCUT2D eigenvalue weighted by atomic mass is 9.92. The summed E-state index contributed by atoms with van der Waals surface area (Å²) in [7, 11) is 0. The molecule has 5 heteroatoms. The van der Waals surface area contributed by atoms with Gasteiger partial charge in [-0.25, -0.2) is 0 Å². The van der Waals surface area contributed by atoms with E-state index < -0.39 is 0 Å². The van der Waals surface area contributed by atoms with Crippen molar-refractivity contribution < 1.29 is 19.1 Å². The van der Waals surface area contributed by atoms with Crippen molar-refractivity contribution in [1.82, 2.24) is 0 Å². The van der Waals surface area contributed by atoms with Crippen molar-refractivity contribution in [2.45, 2.75) is 19.8 Å². The molecule has 108 valence electrons. The van der Waals surface area contributed by atoms with Crippen molar-refractivity contribution in [2.75, 3.05) is 18.5 Å². The molecule has 0 saturated heterocycles. The monoisotopic (exact) mass is 340 g/mol. The van der Waals surface area contributed by atoms with Gasteiger partial charge in [0.25, 0.3) is 0 Å². The summed E-state index contributed by atoms with van der Waals surface area (Å²) in [6.45, 7) is 2.53. The van der Waals surface area contributed by atoms with E-state index in [0.29, 0.717) is 25.0 Å². The molecule has 20 heavy (non-hydrogen) atoms. The van der Waals surface area contributed by atoms with Gasteiger partial charge >= 0.3 is 5.97 Å². The van der Waals surface area contributed by atoms with Gasteiger partial charge in [-0.2, -0.15) is 0 Å². The molecule has 1 aromatic carbocycles. The van der Waals surface area contributed by atoms with Crippen LogP contribution in [0.25, 0.3) is 0 Å². The molecule has 1 aliphatic rings. The number of alkyl halides is 1. The van der Waals surface area contributed by atoms with E-state index in [1.165, 1.54) is 0 Å². The Balaban J connectivity index is 2.16. The third kappa shape index (κ3) is 3.39. The maximum atomic E-state index is 11.7. The summed E-state index contributed by atoms with van der Waals surface area (Å²) in [5.74, 6) is 0.508. The van der Waals surface area contributed by atoms with Gasteiger partial charge in [0.1, 0.15) is 11.5 Å². The van der Waals surface area contributed by atoms with Crippen LogP contribution in [0.15, 0.2) is 18.2 Å². The summed E-state index contributed by atoms with van der Waals surface area (Å²) in [4.78, 5) is 23.3. The van der Waals surface area contributed by atoms with Crippen LogP contribution in [-0.2, 0) is 27.2 Å². The van der Waals surface area contributed by atoms with Crippen LogP contribution in [0.2, 0.25) is 0 Å². The lowest BCUT2D eigenvalue weighted by Crippen LogP contribution is -2.29. The number of benzene rings is 1. The standard InChI is InChI=1S/C15H17BrO4/c1-2-19-14(18)7-11-5-3-4-10-6-12(13(17)8-16)9-20-15(10)11/h3-5,12H,2,6-9H2,1H3. The van der Waals surface area contributed by atoms with Crippen molar-refractivity contribution >= 4 is 27.7 Å². The molecule has 0 amide bonds. The summed E-state index contributed by atoms with van der Waals surface area (Å²) in [5, 5.41) is 0.346. The van der Waals surface area contributed by atoms with Gasteiger partial charge in [-0.05, 0) is 18.9 Å². The second-order valence-electron chi connectivity index (χ2n) is 4.70. The van der Waals surface area contributed by atoms with Crippen LogP contribution in [0.4, 0.5) is 0 Å². The van der Waals surface area contributed by atoms with Crippen LogP contribution in [0.3, 0.4) is 0 Å². The van der Waals surface area contributed by atoms with Gasteiger partial charge in [0.2, 0.25) is 0 Å². The molecular formula is C15H17BrO4. The fraction of sp³-hybridized carbons (Fsp3) is 0.467. The van der Waals surface area contributed by atoms with E-state index in [4.69, 9.17) is 9.47 Å². The van der Waals surface area contributed by atoms with Gasteiger partial charge in [0, 0.05) is 5.56 Å². The fourth-order valence-electron chi connectivity index (χ4n) is 2.32. The molecule has 1 aromatic rings. The summed E-state index contributed by atoms with van der Waals surface area (Å²) < 4.78 is 10.7. The average molecular weight is 341 g/mol. The van der Waals surface area contributed by atoms with Gasteiger partial charge < -0.3 is 9.47 Å². The molecule has 0 N–H and O–H groups in total. The number of para-hydroxylation sites is 1. The number of hydrogen-bond donors (Lipinski definition) is 0. The van der Waals surface area contributed by atoms with E-state index in [1.807, 2.05) is 18.2 Å². The van der Waals surface area contributed by atoms with Crippen molar-refractivity contribution in [3.63, 3.8) is 0 Å². The van der Waals surface area contributed by atoms with Crippen LogP contribution in [-0.4, -0.2) is 30.3 Å². The van der Waals surface area contributed by atoms with Crippen LogP contribution >= 0.6 is 15.9 Å². The van der Waals surface area contributed by atoms with Crippen LogP contribution < -0.4 is 4.74 Å². The first kappa shape index (κ1) is 15.0. The second kappa shape index (κ2) is 6.88.